The van der Waals surface area contributed by atoms with Crippen LogP contribution in [0.2, 0.25) is 0 Å². The summed E-state index contributed by atoms with van der Waals surface area (Å²) in [6.45, 7) is -0.586. The van der Waals surface area contributed by atoms with E-state index in [0.717, 1.165) is 28.5 Å². The van der Waals surface area contributed by atoms with Gasteiger partial charge in [-0.25, -0.2) is 19.9 Å². The number of aliphatic hydroxyl groups is 2. The van der Waals surface area contributed by atoms with Crippen LogP contribution in [0.4, 0.5) is 19.0 Å². The highest BCUT2D eigenvalue weighted by atomic mass is 32.2. The molecule has 0 unspecified atom stereocenters. The third-order valence-electron chi connectivity index (χ3n) is 5.74. The monoisotopic (exact) mass is 543 g/mol. The molecule has 38 heavy (non-hydrogen) atoms. The Morgan fingerprint density at radius 2 is 1.87 bits per heavy atom. The number of para-hydroxylation sites is 1. The minimum absolute atomic E-state index is 0.0120. The van der Waals surface area contributed by atoms with Crippen molar-refractivity contribution in [3.63, 3.8) is 0 Å². The SMILES string of the molecule is Nc1ncnc2nc(SCc3nc4ccccc4c(=O)n3-c3cccc(C(F)(F)F)c3)n(C[C@H](O)CO)c12. The zero-order valence-corrected chi connectivity index (χ0v) is 20.3. The van der Waals surface area contributed by atoms with Gasteiger partial charge in [0.25, 0.3) is 5.56 Å². The quantitative estimate of drug-likeness (QED) is 0.264. The fraction of sp³-hybridized carbons (Fsp3) is 0.208. The summed E-state index contributed by atoms with van der Waals surface area (Å²) in [5.74, 6) is 0.310. The highest BCUT2D eigenvalue weighted by molar-refractivity contribution is 7.98. The average Bonchev–Trinajstić information content (AvgIpc) is 3.25. The van der Waals surface area contributed by atoms with Crippen LogP contribution >= 0.6 is 11.8 Å². The molecule has 14 heteroatoms. The number of hydrogen-bond acceptors (Lipinski definition) is 9. The van der Waals surface area contributed by atoms with Crippen LogP contribution < -0.4 is 11.3 Å². The van der Waals surface area contributed by atoms with Crippen LogP contribution in [0.15, 0.2) is 64.8 Å². The lowest BCUT2D eigenvalue weighted by atomic mass is 10.2. The van der Waals surface area contributed by atoms with Crippen molar-refractivity contribution in [2.75, 3.05) is 12.3 Å². The first kappa shape index (κ1) is 25.6. The molecule has 5 aromatic rings. The van der Waals surface area contributed by atoms with Gasteiger partial charge in [0.2, 0.25) is 0 Å². The molecule has 0 saturated carbocycles. The molecule has 0 spiro atoms. The van der Waals surface area contributed by atoms with Crippen LogP contribution in [-0.4, -0.2) is 52.0 Å². The van der Waals surface area contributed by atoms with Crippen LogP contribution in [0.1, 0.15) is 11.4 Å². The fourth-order valence-electron chi connectivity index (χ4n) is 4.01. The number of alkyl halides is 3. The van der Waals surface area contributed by atoms with Crippen molar-refractivity contribution >= 4 is 39.6 Å². The number of nitrogens with zero attached hydrogens (tertiary/aromatic N) is 6. The zero-order valence-electron chi connectivity index (χ0n) is 19.5. The Balaban J connectivity index is 1.63. The van der Waals surface area contributed by atoms with E-state index in [0.29, 0.717) is 16.2 Å². The molecule has 10 nitrogen and oxygen atoms in total. The van der Waals surface area contributed by atoms with Crippen molar-refractivity contribution in [3.8, 4) is 5.69 Å². The summed E-state index contributed by atoms with van der Waals surface area (Å²) in [5.41, 5.74) is 5.59. The summed E-state index contributed by atoms with van der Waals surface area (Å²) in [6, 6.07) is 11.0. The van der Waals surface area contributed by atoms with Gasteiger partial charge < -0.3 is 20.5 Å². The number of nitrogens with two attached hydrogens (primary N) is 1. The summed E-state index contributed by atoms with van der Waals surface area (Å²) >= 11 is 1.11. The molecule has 0 aliphatic carbocycles. The molecule has 0 fully saturated rings. The summed E-state index contributed by atoms with van der Waals surface area (Å²) in [5, 5.41) is 20.0. The molecule has 5 rings (SSSR count). The van der Waals surface area contributed by atoms with Crippen molar-refractivity contribution in [3.05, 3.63) is 76.6 Å². The first-order valence-corrected chi connectivity index (χ1v) is 12.2. The molecule has 0 saturated heterocycles. The zero-order chi connectivity index (χ0) is 27.0. The van der Waals surface area contributed by atoms with Crippen molar-refractivity contribution < 1.29 is 23.4 Å². The molecule has 196 valence electrons. The van der Waals surface area contributed by atoms with Gasteiger partial charge in [-0.05, 0) is 30.3 Å². The lowest BCUT2D eigenvalue weighted by Crippen LogP contribution is -2.24. The summed E-state index contributed by atoms with van der Waals surface area (Å²) in [6.07, 6.45) is -4.49. The van der Waals surface area contributed by atoms with Crippen LogP contribution in [-0.2, 0) is 18.5 Å². The Morgan fingerprint density at radius 3 is 2.63 bits per heavy atom. The first-order valence-electron chi connectivity index (χ1n) is 11.2. The van der Waals surface area contributed by atoms with Gasteiger partial charge in [0.15, 0.2) is 16.6 Å². The standard InChI is InChI=1S/C24H20F3N7O3S/c25-24(26,27)13-4-3-5-14(8-13)34-18(31-17-7-2-1-6-16(17)22(34)37)11-38-23-32-21-19(20(28)29-12-30-21)33(23)9-15(36)10-35/h1-8,12,15,35-36H,9-11H2,(H2,28,29,30)/t15-/m0/s1. The number of benzene rings is 2. The Bertz CT molecular complexity index is 1700. The Morgan fingerprint density at radius 1 is 1.08 bits per heavy atom. The number of rotatable bonds is 7. The highest BCUT2D eigenvalue weighted by Gasteiger charge is 2.31. The van der Waals surface area contributed by atoms with E-state index in [1.165, 1.54) is 18.5 Å². The topological polar surface area (TPSA) is 145 Å². The van der Waals surface area contributed by atoms with Crippen molar-refractivity contribution in [1.29, 1.82) is 0 Å². The first-order chi connectivity index (χ1) is 18.2. The second kappa shape index (κ2) is 10.0. The van der Waals surface area contributed by atoms with Crippen LogP contribution in [0.25, 0.3) is 27.8 Å². The van der Waals surface area contributed by atoms with Gasteiger partial charge >= 0.3 is 6.18 Å². The Kier molecular flexibility index (Phi) is 6.77. The highest BCUT2D eigenvalue weighted by Crippen LogP contribution is 2.32. The maximum Gasteiger partial charge on any atom is 0.416 e. The molecule has 0 bridgehead atoms. The molecule has 3 heterocycles. The smallest absolute Gasteiger partial charge is 0.394 e. The molecule has 3 aromatic heterocycles. The molecule has 4 N–H and O–H groups in total. The van der Waals surface area contributed by atoms with Gasteiger partial charge in [-0.3, -0.25) is 9.36 Å². The van der Waals surface area contributed by atoms with Crippen molar-refractivity contribution in [1.82, 2.24) is 29.1 Å². The van der Waals surface area contributed by atoms with Gasteiger partial charge in [-0.1, -0.05) is 30.0 Å². The summed E-state index contributed by atoms with van der Waals surface area (Å²) < 4.78 is 43.0. The number of halogens is 3. The van der Waals surface area contributed by atoms with E-state index in [4.69, 9.17) is 5.73 Å². The van der Waals surface area contributed by atoms with E-state index in [9.17, 15) is 28.2 Å². The third kappa shape index (κ3) is 4.80. The molecule has 0 aliphatic rings. The minimum atomic E-state index is -4.60. The number of aromatic nitrogens is 6. The number of aliphatic hydroxyl groups excluding tert-OH is 2. The lowest BCUT2D eigenvalue weighted by molar-refractivity contribution is -0.137. The second-order valence-electron chi connectivity index (χ2n) is 8.30. The van der Waals surface area contributed by atoms with Crippen LogP contribution in [0.5, 0.6) is 0 Å². The van der Waals surface area contributed by atoms with Crippen LogP contribution in [0.3, 0.4) is 0 Å². The number of hydrogen-bond donors (Lipinski definition) is 3. The van der Waals surface area contributed by atoms with E-state index in [1.54, 1.807) is 28.8 Å². The molecule has 2 aromatic carbocycles. The summed E-state index contributed by atoms with van der Waals surface area (Å²) in [7, 11) is 0. The largest absolute Gasteiger partial charge is 0.416 e. The predicted molar refractivity (Wildman–Crippen MR) is 135 cm³/mol. The normalized spacial score (nSPS) is 12.9. The number of thioether (sulfide) groups is 1. The van der Waals surface area contributed by atoms with E-state index in [-0.39, 0.29) is 40.7 Å². The second-order valence-corrected chi connectivity index (χ2v) is 9.24. The third-order valence-corrected chi connectivity index (χ3v) is 6.72. The molecule has 1 atom stereocenters. The number of anilines is 1. The van der Waals surface area contributed by atoms with Crippen molar-refractivity contribution in [2.45, 2.75) is 29.7 Å². The molecular weight excluding hydrogens is 523 g/mol. The predicted octanol–water partition coefficient (Wildman–Crippen LogP) is 2.77. The number of imidazole rings is 1. The summed E-state index contributed by atoms with van der Waals surface area (Å²) in [4.78, 5) is 30.6. The lowest BCUT2D eigenvalue weighted by Gasteiger charge is -2.16. The van der Waals surface area contributed by atoms with Gasteiger partial charge in [-0.15, -0.1) is 0 Å². The fourth-order valence-corrected chi connectivity index (χ4v) is 4.93. The number of fused-ring (bicyclic) bond motifs is 2. The average molecular weight is 544 g/mol. The molecule has 0 radical (unpaired) electrons. The molecule has 0 aliphatic heterocycles. The van der Waals surface area contributed by atoms with Gasteiger partial charge in [0.1, 0.15) is 17.7 Å². The maximum atomic E-state index is 13.5. The van der Waals surface area contributed by atoms with E-state index in [2.05, 4.69) is 19.9 Å². The maximum absolute atomic E-state index is 13.5. The minimum Gasteiger partial charge on any atom is -0.394 e. The van der Waals surface area contributed by atoms with Gasteiger partial charge in [0, 0.05) is 0 Å². The molecule has 0 amide bonds. The molecular formula is C24H20F3N7O3S. The van der Waals surface area contributed by atoms with E-state index in [1.807, 2.05) is 0 Å². The van der Waals surface area contributed by atoms with Gasteiger partial charge in [-0.2, -0.15) is 13.2 Å². The van der Waals surface area contributed by atoms with Crippen LogP contribution in [0, 0.1) is 0 Å². The Hall–Kier alpha value is -4.01. The van der Waals surface area contributed by atoms with E-state index >= 15 is 0 Å². The Labute approximate surface area is 216 Å². The number of nitrogen functional groups attached to an aromatic ring is 1. The van der Waals surface area contributed by atoms with Gasteiger partial charge in [0.05, 0.1) is 47.2 Å². The van der Waals surface area contributed by atoms with Crippen molar-refractivity contribution in [2.24, 2.45) is 0 Å². The van der Waals surface area contributed by atoms with E-state index < -0.39 is 30.0 Å².